The van der Waals surface area contributed by atoms with Crippen LogP contribution in [0.4, 0.5) is 0 Å². The van der Waals surface area contributed by atoms with Crippen LogP contribution in [0.3, 0.4) is 0 Å². The molecule has 20 heavy (non-hydrogen) atoms. The average molecular weight is 317 g/mol. The summed E-state index contributed by atoms with van der Waals surface area (Å²) in [5.74, 6) is 1.04. The molecule has 112 valence electrons. The van der Waals surface area contributed by atoms with Gasteiger partial charge in [0.25, 0.3) is 9.05 Å². The normalized spacial score (nSPS) is 23.6. The zero-order chi connectivity index (χ0) is 14.9. The number of hydrogen-bond acceptors (Lipinski definition) is 3. The van der Waals surface area contributed by atoms with Gasteiger partial charge in [-0.05, 0) is 56.2 Å². The SMILES string of the molecule is Cc1cc(C)c(OC2CCCC(C)C2)c(S(=O)(=O)Cl)c1. The first kappa shape index (κ1) is 15.6. The quantitative estimate of drug-likeness (QED) is 0.785. The molecule has 1 fully saturated rings. The topological polar surface area (TPSA) is 43.4 Å². The maximum atomic E-state index is 11.7. The summed E-state index contributed by atoms with van der Waals surface area (Å²) in [6.45, 7) is 5.92. The van der Waals surface area contributed by atoms with Gasteiger partial charge in [0.1, 0.15) is 10.6 Å². The van der Waals surface area contributed by atoms with Gasteiger partial charge in [0.15, 0.2) is 0 Å². The van der Waals surface area contributed by atoms with Crippen molar-refractivity contribution in [3.05, 3.63) is 23.3 Å². The van der Waals surface area contributed by atoms with Crippen molar-refractivity contribution < 1.29 is 13.2 Å². The van der Waals surface area contributed by atoms with E-state index in [-0.39, 0.29) is 11.0 Å². The van der Waals surface area contributed by atoms with Crippen LogP contribution in [0.25, 0.3) is 0 Å². The fourth-order valence-electron chi connectivity index (χ4n) is 2.90. The minimum atomic E-state index is -3.80. The lowest BCUT2D eigenvalue weighted by atomic mass is 9.88. The number of hydrogen-bond donors (Lipinski definition) is 0. The van der Waals surface area contributed by atoms with Crippen molar-refractivity contribution in [2.75, 3.05) is 0 Å². The first-order valence-electron chi connectivity index (χ1n) is 7.00. The Morgan fingerprint density at radius 1 is 1.25 bits per heavy atom. The Kier molecular flexibility index (Phi) is 4.65. The van der Waals surface area contributed by atoms with E-state index < -0.39 is 9.05 Å². The van der Waals surface area contributed by atoms with E-state index in [0.717, 1.165) is 30.4 Å². The molecule has 5 heteroatoms. The molecule has 2 atom stereocenters. The highest BCUT2D eigenvalue weighted by molar-refractivity contribution is 8.13. The van der Waals surface area contributed by atoms with Gasteiger partial charge in [-0.3, -0.25) is 0 Å². The van der Waals surface area contributed by atoms with Crippen LogP contribution in [0.1, 0.15) is 43.7 Å². The third-order valence-corrected chi connectivity index (χ3v) is 5.15. The fourth-order valence-corrected chi connectivity index (χ4v) is 4.00. The number of benzene rings is 1. The van der Waals surface area contributed by atoms with Gasteiger partial charge < -0.3 is 4.74 Å². The smallest absolute Gasteiger partial charge is 0.265 e. The van der Waals surface area contributed by atoms with E-state index in [9.17, 15) is 8.42 Å². The molecule has 0 aliphatic heterocycles. The zero-order valence-corrected chi connectivity index (χ0v) is 13.7. The lowest BCUT2D eigenvalue weighted by Gasteiger charge is -2.28. The van der Waals surface area contributed by atoms with Crippen molar-refractivity contribution in [3.8, 4) is 5.75 Å². The highest BCUT2D eigenvalue weighted by atomic mass is 35.7. The second kappa shape index (κ2) is 5.94. The molecule has 1 aliphatic rings. The van der Waals surface area contributed by atoms with E-state index in [1.54, 1.807) is 6.07 Å². The van der Waals surface area contributed by atoms with Gasteiger partial charge in [-0.15, -0.1) is 0 Å². The molecule has 0 heterocycles. The number of halogens is 1. The minimum absolute atomic E-state index is 0.0809. The Morgan fingerprint density at radius 3 is 2.55 bits per heavy atom. The predicted molar refractivity (Wildman–Crippen MR) is 81.0 cm³/mol. The molecular formula is C15H21ClO3S. The molecule has 1 aromatic carbocycles. The average Bonchev–Trinajstić information content (AvgIpc) is 2.31. The van der Waals surface area contributed by atoms with Gasteiger partial charge in [-0.1, -0.05) is 19.4 Å². The van der Waals surface area contributed by atoms with Crippen LogP contribution in [0.15, 0.2) is 17.0 Å². The summed E-state index contributed by atoms with van der Waals surface area (Å²) in [7, 11) is 1.75. The molecule has 3 nitrogen and oxygen atoms in total. The van der Waals surface area contributed by atoms with E-state index in [1.165, 1.54) is 6.42 Å². The number of ether oxygens (including phenoxy) is 1. The summed E-state index contributed by atoms with van der Waals surface area (Å²) >= 11 is 0. The Bertz CT molecular complexity index is 595. The molecule has 0 amide bonds. The van der Waals surface area contributed by atoms with E-state index in [1.807, 2.05) is 19.9 Å². The molecule has 1 aliphatic carbocycles. The molecule has 0 N–H and O–H groups in total. The van der Waals surface area contributed by atoms with Crippen molar-refractivity contribution in [2.24, 2.45) is 5.92 Å². The van der Waals surface area contributed by atoms with Gasteiger partial charge in [-0.25, -0.2) is 8.42 Å². The molecule has 0 radical (unpaired) electrons. The highest BCUT2D eigenvalue weighted by Gasteiger charge is 2.25. The summed E-state index contributed by atoms with van der Waals surface area (Å²) in [4.78, 5) is 0.0925. The monoisotopic (exact) mass is 316 g/mol. The molecule has 1 saturated carbocycles. The summed E-state index contributed by atoms with van der Waals surface area (Å²) in [6, 6.07) is 3.50. The molecule has 2 rings (SSSR count). The van der Waals surface area contributed by atoms with Crippen molar-refractivity contribution in [1.29, 1.82) is 0 Å². The van der Waals surface area contributed by atoms with Gasteiger partial charge in [0, 0.05) is 10.7 Å². The summed E-state index contributed by atoms with van der Waals surface area (Å²) in [6.07, 6.45) is 4.36. The van der Waals surface area contributed by atoms with Crippen molar-refractivity contribution in [1.82, 2.24) is 0 Å². The van der Waals surface area contributed by atoms with Gasteiger partial charge in [0.2, 0.25) is 0 Å². The third-order valence-electron chi connectivity index (χ3n) is 3.82. The van der Waals surface area contributed by atoms with Crippen LogP contribution in [0, 0.1) is 19.8 Å². The predicted octanol–water partition coefficient (Wildman–Crippen LogP) is 4.19. The lowest BCUT2D eigenvalue weighted by Crippen LogP contribution is -2.25. The zero-order valence-electron chi connectivity index (χ0n) is 12.1. The minimum Gasteiger partial charge on any atom is -0.489 e. The molecule has 0 saturated heterocycles. The number of aryl methyl sites for hydroxylation is 2. The van der Waals surface area contributed by atoms with E-state index >= 15 is 0 Å². The Labute approximate surface area is 125 Å². The van der Waals surface area contributed by atoms with Crippen molar-refractivity contribution >= 4 is 19.7 Å². The molecular weight excluding hydrogens is 296 g/mol. The standard InChI is InChI=1S/C15H21ClO3S/c1-10-5-4-6-13(8-10)19-15-12(3)7-11(2)9-14(15)20(16,17)18/h7,9-10,13H,4-6,8H2,1-3H3. The lowest BCUT2D eigenvalue weighted by molar-refractivity contribution is 0.125. The van der Waals surface area contributed by atoms with Gasteiger partial charge >= 0.3 is 0 Å². The van der Waals surface area contributed by atoms with Crippen LogP contribution >= 0.6 is 10.7 Å². The van der Waals surface area contributed by atoms with Crippen molar-refractivity contribution in [3.63, 3.8) is 0 Å². The summed E-state index contributed by atoms with van der Waals surface area (Å²) < 4.78 is 29.5. The fraction of sp³-hybridized carbons (Fsp3) is 0.600. The molecule has 2 unspecified atom stereocenters. The van der Waals surface area contributed by atoms with E-state index in [4.69, 9.17) is 15.4 Å². The molecule has 0 bridgehead atoms. The van der Waals surface area contributed by atoms with Crippen molar-refractivity contribution in [2.45, 2.75) is 57.5 Å². The largest absolute Gasteiger partial charge is 0.489 e. The summed E-state index contributed by atoms with van der Waals surface area (Å²) in [5, 5.41) is 0. The Balaban J connectivity index is 2.35. The van der Waals surface area contributed by atoms with Crippen LogP contribution < -0.4 is 4.74 Å². The maximum absolute atomic E-state index is 11.7. The molecule has 0 aromatic heterocycles. The number of rotatable bonds is 3. The van der Waals surface area contributed by atoms with E-state index in [2.05, 4.69) is 6.92 Å². The second-order valence-corrected chi connectivity index (χ2v) is 8.39. The summed E-state index contributed by atoms with van der Waals surface area (Å²) in [5.41, 5.74) is 1.69. The Morgan fingerprint density at radius 2 is 1.95 bits per heavy atom. The Hall–Kier alpha value is -0.740. The highest BCUT2D eigenvalue weighted by Crippen LogP contribution is 2.35. The maximum Gasteiger partial charge on any atom is 0.265 e. The van der Waals surface area contributed by atoms with Gasteiger partial charge in [0.05, 0.1) is 6.10 Å². The van der Waals surface area contributed by atoms with Crippen LogP contribution in [0.5, 0.6) is 5.75 Å². The first-order chi connectivity index (χ1) is 9.27. The first-order valence-corrected chi connectivity index (χ1v) is 9.31. The van der Waals surface area contributed by atoms with Crippen LogP contribution in [-0.4, -0.2) is 14.5 Å². The third kappa shape index (κ3) is 3.67. The second-order valence-electron chi connectivity index (χ2n) is 5.86. The van der Waals surface area contributed by atoms with E-state index in [0.29, 0.717) is 11.7 Å². The van der Waals surface area contributed by atoms with Crippen LogP contribution in [-0.2, 0) is 9.05 Å². The molecule has 1 aromatic rings. The molecule has 0 spiro atoms. The van der Waals surface area contributed by atoms with Gasteiger partial charge in [-0.2, -0.15) is 0 Å². The van der Waals surface area contributed by atoms with Crippen LogP contribution in [0.2, 0.25) is 0 Å².